The molecular formula is C43H54Cl4F2N6O. The average Bonchev–Trinajstić information content (AvgIpc) is 3.16. The first-order valence-corrected chi connectivity index (χ1v) is 20.5. The van der Waals surface area contributed by atoms with Crippen molar-refractivity contribution in [3.05, 3.63) is 139 Å². The number of likely N-dealkylation sites (tertiary alicyclic amines) is 2. The van der Waals surface area contributed by atoms with Gasteiger partial charge in [0.2, 0.25) is 0 Å². The molecule has 0 bridgehead atoms. The van der Waals surface area contributed by atoms with E-state index >= 15 is 0 Å². The van der Waals surface area contributed by atoms with Crippen LogP contribution in [0.4, 0.5) is 13.6 Å². The summed E-state index contributed by atoms with van der Waals surface area (Å²) >= 11 is 24.1. The van der Waals surface area contributed by atoms with E-state index in [1.165, 1.54) is 31.0 Å². The van der Waals surface area contributed by atoms with Crippen LogP contribution in [0.2, 0.25) is 20.1 Å². The predicted octanol–water partition coefficient (Wildman–Crippen LogP) is 10.5. The van der Waals surface area contributed by atoms with Crippen LogP contribution in [0.5, 0.6) is 0 Å². The van der Waals surface area contributed by atoms with Crippen LogP contribution < -0.4 is 16.4 Å². The van der Waals surface area contributed by atoms with Gasteiger partial charge in [0.05, 0.1) is 26.1 Å². The molecule has 2 atom stereocenters. The summed E-state index contributed by atoms with van der Waals surface area (Å²) in [4.78, 5) is 19.6. The van der Waals surface area contributed by atoms with Crippen molar-refractivity contribution in [3.63, 3.8) is 0 Å². The van der Waals surface area contributed by atoms with Gasteiger partial charge in [-0.05, 0) is 138 Å². The van der Waals surface area contributed by atoms with Crippen LogP contribution in [0.3, 0.4) is 0 Å². The Hall–Kier alpha value is -2.99. The maximum atomic E-state index is 13.7. The van der Waals surface area contributed by atoms with Crippen molar-refractivity contribution in [3.8, 4) is 0 Å². The van der Waals surface area contributed by atoms with Crippen molar-refractivity contribution in [1.82, 2.24) is 25.3 Å². The molecule has 0 saturated carbocycles. The van der Waals surface area contributed by atoms with Gasteiger partial charge in [-0.15, -0.1) is 0 Å². The van der Waals surface area contributed by atoms with Crippen LogP contribution >= 0.6 is 46.4 Å². The number of carbonyl (C=O) groups excluding carboxylic acids is 1. The molecule has 304 valence electrons. The summed E-state index contributed by atoms with van der Waals surface area (Å²) in [5, 5.41) is 8.55. The Bertz CT molecular complexity index is 1840. The van der Waals surface area contributed by atoms with Crippen LogP contribution in [0.15, 0.2) is 84.9 Å². The molecule has 2 aliphatic heterocycles. The number of urea groups is 1. The van der Waals surface area contributed by atoms with Gasteiger partial charge in [-0.25, -0.2) is 13.6 Å². The molecule has 2 fully saturated rings. The second-order valence-electron chi connectivity index (χ2n) is 14.6. The maximum absolute atomic E-state index is 13.7. The van der Waals surface area contributed by atoms with Crippen LogP contribution in [-0.4, -0.2) is 73.1 Å². The third-order valence-electron chi connectivity index (χ3n) is 10.1. The molecule has 2 heterocycles. The molecule has 0 radical (unpaired) electrons. The third kappa shape index (κ3) is 14.4. The fourth-order valence-corrected chi connectivity index (χ4v) is 7.65. The maximum Gasteiger partial charge on any atom is 0.318 e. The first kappa shape index (κ1) is 45.7. The van der Waals surface area contributed by atoms with Crippen molar-refractivity contribution < 1.29 is 13.6 Å². The molecule has 2 amide bonds. The molecule has 4 N–H and O–H groups in total. The van der Waals surface area contributed by atoms with Crippen molar-refractivity contribution in [2.45, 2.75) is 76.8 Å². The quantitative estimate of drug-likeness (QED) is 0.156. The van der Waals surface area contributed by atoms with Crippen molar-refractivity contribution >= 4 is 52.4 Å². The third-order valence-corrected chi connectivity index (χ3v) is 11.8. The summed E-state index contributed by atoms with van der Waals surface area (Å²) in [5.74, 6) is -0.451. The zero-order valence-electron chi connectivity index (χ0n) is 32.6. The number of amides is 2. The molecule has 4 aromatic rings. The number of hydrogen-bond donors (Lipinski definition) is 3. The largest absolute Gasteiger partial charge is 0.331 e. The first-order chi connectivity index (χ1) is 26.7. The van der Waals surface area contributed by atoms with Crippen LogP contribution in [0, 0.1) is 11.6 Å². The molecule has 0 spiro atoms. The Morgan fingerprint density at radius 3 is 1.77 bits per heavy atom. The molecule has 56 heavy (non-hydrogen) atoms. The smallest absolute Gasteiger partial charge is 0.318 e. The van der Waals surface area contributed by atoms with Gasteiger partial charge in [0, 0.05) is 31.2 Å². The molecule has 13 heteroatoms. The SMILES string of the molecule is CC(N)c1cccc(Cl)c1Cl.CC(NC(=O)N(Cc1cccc(F)c1)C1CCN(C)CC1)c1cccc(Cl)c1Cl.CN1CCC(NCc2cccc(F)c2)CC1. The number of nitrogens with one attached hydrogen (secondary N) is 2. The van der Waals surface area contributed by atoms with E-state index in [4.69, 9.17) is 52.1 Å². The minimum atomic E-state index is -0.310. The van der Waals surface area contributed by atoms with Gasteiger partial charge < -0.3 is 31.1 Å². The minimum absolute atomic E-state index is 0.0683. The van der Waals surface area contributed by atoms with E-state index < -0.39 is 0 Å². The molecule has 7 nitrogen and oxygen atoms in total. The van der Waals surface area contributed by atoms with Crippen LogP contribution in [-0.2, 0) is 13.1 Å². The lowest BCUT2D eigenvalue weighted by Crippen LogP contribution is -2.50. The monoisotopic (exact) mass is 848 g/mol. The minimum Gasteiger partial charge on any atom is -0.331 e. The number of nitrogens with zero attached hydrogens (tertiary/aromatic N) is 3. The zero-order chi connectivity index (χ0) is 40.8. The van der Waals surface area contributed by atoms with Crippen LogP contribution in [0.1, 0.15) is 73.9 Å². The summed E-state index contributed by atoms with van der Waals surface area (Å²) in [6.07, 6.45) is 4.13. The number of nitrogens with two attached hydrogens (primary N) is 1. The van der Waals surface area contributed by atoms with E-state index in [-0.39, 0.29) is 35.8 Å². The number of halogens is 6. The highest BCUT2D eigenvalue weighted by Gasteiger charge is 2.28. The summed E-state index contributed by atoms with van der Waals surface area (Å²) in [6.45, 7) is 9.03. The second kappa shape index (κ2) is 22.8. The number of carbonyl (C=O) groups is 1. The number of benzene rings is 4. The van der Waals surface area contributed by atoms with Crippen molar-refractivity contribution in [1.29, 1.82) is 0 Å². The standard InChI is InChI=1S/C22H26Cl2FN3O.C13H19FN2.C8H9Cl2N/c1-15(19-7-4-8-20(23)21(19)24)26-22(29)28(18-9-11-27(2)12-10-18)14-16-5-3-6-17(25)13-16;1-16-7-5-13(6-8-16)15-10-11-3-2-4-12(14)9-11;1-5(11)6-3-2-4-7(9)8(6)10/h3-8,13,15,18H,9-12,14H2,1-2H3,(H,26,29);2-4,9,13,15H,5-8,10H2,1H3;2-5H,11H2,1H3. The Morgan fingerprint density at radius 1 is 0.750 bits per heavy atom. The number of piperidine rings is 2. The lowest BCUT2D eigenvalue weighted by atomic mass is 10.0. The van der Waals surface area contributed by atoms with Crippen LogP contribution in [0.25, 0.3) is 0 Å². The molecule has 2 aliphatic rings. The molecular weight excluding hydrogens is 796 g/mol. The Kier molecular flexibility index (Phi) is 18.6. The molecule has 0 aliphatic carbocycles. The lowest BCUT2D eigenvalue weighted by Gasteiger charge is -2.38. The van der Waals surface area contributed by atoms with E-state index in [0.29, 0.717) is 32.7 Å². The normalized spacial score (nSPS) is 16.5. The summed E-state index contributed by atoms with van der Waals surface area (Å²) < 4.78 is 26.6. The molecule has 4 aromatic carbocycles. The Balaban J connectivity index is 0.000000214. The number of hydrogen-bond acceptors (Lipinski definition) is 5. The van der Waals surface area contributed by atoms with E-state index in [2.05, 4.69) is 34.5 Å². The van der Waals surface area contributed by atoms with E-state index in [0.717, 1.165) is 67.8 Å². The Morgan fingerprint density at radius 2 is 1.23 bits per heavy atom. The Labute approximate surface area is 351 Å². The topological polar surface area (TPSA) is 76.9 Å². The second-order valence-corrected chi connectivity index (χ2v) is 16.2. The number of rotatable bonds is 9. The summed E-state index contributed by atoms with van der Waals surface area (Å²) in [5.41, 5.74) is 9.09. The first-order valence-electron chi connectivity index (χ1n) is 19.0. The van der Waals surface area contributed by atoms with Gasteiger partial charge in [0.15, 0.2) is 0 Å². The highest BCUT2D eigenvalue weighted by molar-refractivity contribution is 6.43. The fourth-order valence-electron chi connectivity index (χ4n) is 6.70. The van der Waals surface area contributed by atoms with E-state index in [9.17, 15) is 13.6 Å². The van der Waals surface area contributed by atoms with Crippen molar-refractivity contribution in [2.75, 3.05) is 40.3 Å². The van der Waals surface area contributed by atoms with E-state index in [1.54, 1.807) is 30.3 Å². The van der Waals surface area contributed by atoms with Gasteiger partial charge in [0.1, 0.15) is 11.6 Å². The van der Waals surface area contributed by atoms with Gasteiger partial charge in [-0.3, -0.25) is 0 Å². The average molecular weight is 851 g/mol. The summed E-state index contributed by atoms with van der Waals surface area (Å²) in [6, 6.07) is 24.2. The van der Waals surface area contributed by atoms with Gasteiger partial charge in [-0.1, -0.05) is 94.9 Å². The van der Waals surface area contributed by atoms with Gasteiger partial charge in [-0.2, -0.15) is 0 Å². The predicted molar refractivity (Wildman–Crippen MR) is 229 cm³/mol. The highest BCUT2D eigenvalue weighted by atomic mass is 35.5. The van der Waals surface area contributed by atoms with Gasteiger partial charge >= 0.3 is 6.03 Å². The highest BCUT2D eigenvalue weighted by Crippen LogP contribution is 2.31. The zero-order valence-corrected chi connectivity index (χ0v) is 35.6. The van der Waals surface area contributed by atoms with Crippen molar-refractivity contribution in [2.24, 2.45) is 5.73 Å². The molecule has 6 rings (SSSR count). The summed E-state index contributed by atoms with van der Waals surface area (Å²) in [7, 11) is 4.24. The van der Waals surface area contributed by atoms with E-state index in [1.807, 2.05) is 55.1 Å². The fraction of sp³-hybridized carbons (Fsp3) is 0.419. The van der Waals surface area contributed by atoms with Gasteiger partial charge in [0.25, 0.3) is 0 Å². The molecule has 0 aromatic heterocycles. The molecule has 2 unspecified atom stereocenters. The lowest BCUT2D eigenvalue weighted by molar-refractivity contribution is 0.125. The molecule has 2 saturated heterocycles.